The van der Waals surface area contributed by atoms with E-state index in [1.807, 2.05) is 6.92 Å². The minimum atomic E-state index is -3.94. The van der Waals surface area contributed by atoms with Crippen LogP contribution in [0.25, 0.3) is 0 Å². The van der Waals surface area contributed by atoms with Crippen LogP contribution in [0.15, 0.2) is 0 Å². The van der Waals surface area contributed by atoms with Gasteiger partial charge >= 0.3 is 0 Å². The summed E-state index contributed by atoms with van der Waals surface area (Å²) in [7, 11) is -3.94. The van der Waals surface area contributed by atoms with Crippen LogP contribution in [-0.2, 0) is 10.1 Å². The Hall–Kier alpha value is -0.130. The zero-order valence-corrected chi connectivity index (χ0v) is 12.5. The average Bonchev–Trinajstić information content (AvgIpc) is 2.26. The van der Waals surface area contributed by atoms with Gasteiger partial charge < -0.3 is 5.11 Å². The van der Waals surface area contributed by atoms with E-state index in [0.717, 1.165) is 32.1 Å². The lowest BCUT2D eigenvalue weighted by atomic mass is 10.0. The molecule has 110 valence electrons. The standard InChI is InChI=1S/C13H28O4S/c1-3-5-6-10-13(18(15,16)17)11-7-9-12(14)8-4-2/h12-14H,3-11H2,1-2H3,(H,15,16,17). The van der Waals surface area contributed by atoms with Crippen molar-refractivity contribution in [2.24, 2.45) is 0 Å². The summed E-state index contributed by atoms with van der Waals surface area (Å²) in [5, 5.41) is 8.91. The summed E-state index contributed by atoms with van der Waals surface area (Å²) in [5.74, 6) is 0. The number of rotatable bonds is 11. The maximum absolute atomic E-state index is 11.2. The molecule has 5 heteroatoms. The molecule has 2 N–H and O–H groups in total. The van der Waals surface area contributed by atoms with Crippen LogP contribution in [0.4, 0.5) is 0 Å². The van der Waals surface area contributed by atoms with E-state index in [9.17, 15) is 13.5 Å². The zero-order chi connectivity index (χ0) is 14.0. The molecule has 0 bridgehead atoms. The Balaban J connectivity index is 4.02. The molecule has 0 amide bonds. The van der Waals surface area contributed by atoms with Crippen molar-refractivity contribution >= 4 is 10.1 Å². The number of unbranched alkanes of at least 4 members (excludes halogenated alkanes) is 2. The number of hydrogen-bond donors (Lipinski definition) is 2. The third kappa shape index (κ3) is 8.89. The first-order valence-electron chi connectivity index (χ1n) is 7.06. The first kappa shape index (κ1) is 17.9. The molecule has 2 unspecified atom stereocenters. The van der Waals surface area contributed by atoms with Gasteiger partial charge in [0.1, 0.15) is 0 Å². The quantitative estimate of drug-likeness (QED) is 0.450. The van der Waals surface area contributed by atoms with E-state index in [-0.39, 0.29) is 6.10 Å². The molecule has 0 rings (SSSR count). The number of aliphatic hydroxyl groups excluding tert-OH is 1. The van der Waals surface area contributed by atoms with Gasteiger partial charge in [-0.3, -0.25) is 4.55 Å². The Morgan fingerprint density at radius 1 is 0.889 bits per heavy atom. The third-order valence-electron chi connectivity index (χ3n) is 3.24. The fourth-order valence-corrected chi connectivity index (χ4v) is 3.05. The van der Waals surface area contributed by atoms with Crippen LogP contribution < -0.4 is 0 Å². The second-order valence-electron chi connectivity index (χ2n) is 5.01. The molecule has 0 spiro atoms. The second-order valence-corrected chi connectivity index (χ2v) is 6.70. The molecular formula is C13H28O4S. The molecule has 0 aliphatic rings. The molecule has 0 aliphatic carbocycles. The lowest BCUT2D eigenvalue weighted by Crippen LogP contribution is -2.21. The Morgan fingerprint density at radius 3 is 2.00 bits per heavy atom. The van der Waals surface area contributed by atoms with Crippen molar-refractivity contribution < 1.29 is 18.1 Å². The van der Waals surface area contributed by atoms with E-state index in [4.69, 9.17) is 4.55 Å². The maximum Gasteiger partial charge on any atom is 0.267 e. The molecular weight excluding hydrogens is 252 g/mol. The monoisotopic (exact) mass is 280 g/mol. The van der Waals surface area contributed by atoms with Gasteiger partial charge in [0.05, 0.1) is 11.4 Å². The van der Waals surface area contributed by atoms with Crippen molar-refractivity contribution in [3.05, 3.63) is 0 Å². The van der Waals surface area contributed by atoms with Gasteiger partial charge in [-0.25, -0.2) is 0 Å². The lowest BCUT2D eigenvalue weighted by molar-refractivity contribution is 0.150. The fourth-order valence-electron chi connectivity index (χ4n) is 2.12. The Bertz CT molecular complexity index is 287. The van der Waals surface area contributed by atoms with Crippen molar-refractivity contribution in [1.29, 1.82) is 0 Å². The Labute approximate surface area is 112 Å². The van der Waals surface area contributed by atoms with Gasteiger partial charge in [0.2, 0.25) is 0 Å². The van der Waals surface area contributed by atoms with Gasteiger partial charge in [0.15, 0.2) is 0 Å². The van der Waals surface area contributed by atoms with Crippen molar-refractivity contribution in [1.82, 2.24) is 0 Å². The number of hydrogen-bond acceptors (Lipinski definition) is 3. The molecule has 18 heavy (non-hydrogen) atoms. The highest BCUT2D eigenvalue weighted by atomic mass is 32.2. The predicted molar refractivity (Wildman–Crippen MR) is 74.2 cm³/mol. The molecule has 0 saturated heterocycles. The highest BCUT2D eigenvalue weighted by molar-refractivity contribution is 7.86. The summed E-state index contributed by atoms with van der Waals surface area (Å²) < 4.78 is 31.6. The molecule has 0 fully saturated rings. The molecule has 4 nitrogen and oxygen atoms in total. The van der Waals surface area contributed by atoms with Crippen LogP contribution in [0.3, 0.4) is 0 Å². The van der Waals surface area contributed by atoms with Crippen molar-refractivity contribution in [3.8, 4) is 0 Å². The molecule has 0 heterocycles. The van der Waals surface area contributed by atoms with Gasteiger partial charge in [-0.1, -0.05) is 39.5 Å². The second kappa shape index (κ2) is 9.75. The molecule has 0 saturated carbocycles. The topological polar surface area (TPSA) is 74.6 Å². The van der Waals surface area contributed by atoms with E-state index in [1.165, 1.54) is 0 Å². The normalized spacial score (nSPS) is 15.6. The summed E-state index contributed by atoms with van der Waals surface area (Å²) in [6, 6.07) is 0. The van der Waals surface area contributed by atoms with E-state index >= 15 is 0 Å². The van der Waals surface area contributed by atoms with Crippen LogP contribution in [0.1, 0.15) is 71.6 Å². The van der Waals surface area contributed by atoms with Crippen LogP contribution >= 0.6 is 0 Å². The van der Waals surface area contributed by atoms with Crippen LogP contribution in [-0.4, -0.2) is 29.4 Å². The van der Waals surface area contributed by atoms with Crippen molar-refractivity contribution in [2.45, 2.75) is 83.0 Å². The number of aliphatic hydroxyl groups is 1. The first-order valence-corrected chi connectivity index (χ1v) is 8.56. The molecule has 0 aromatic carbocycles. The lowest BCUT2D eigenvalue weighted by Gasteiger charge is -2.15. The van der Waals surface area contributed by atoms with Crippen LogP contribution in [0, 0.1) is 0 Å². The predicted octanol–water partition coefficient (Wildman–Crippen LogP) is 3.15. The molecule has 2 atom stereocenters. The summed E-state index contributed by atoms with van der Waals surface area (Å²) in [4.78, 5) is 0. The summed E-state index contributed by atoms with van der Waals surface area (Å²) in [6.45, 7) is 4.07. The van der Waals surface area contributed by atoms with Crippen molar-refractivity contribution in [2.75, 3.05) is 0 Å². The fraction of sp³-hybridized carbons (Fsp3) is 1.00. The van der Waals surface area contributed by atoms with Crippen molar-refractivity contribution in [3.63, 3.8) is 0 Å². The minimum absolute atomic E-state index is 0.340. The van der Waals surface area contributed by atoms with Crippen LogP contribution in [0.2, 0.25) is 0 Å². The van der Waals surface area contributed by atoms with Gasteiger partial charge in [-0.05, 0) is 32.1 Å². The van der Waals surface area contributed by atoms with E-state index in [2.05, 4.69) is 6.92 Å². The van der Waals surface area contributed by atoms with E-state index in [1.54, 1.807) is 0 Å². The summed E-state index contributed by atoms with van der Waals surface area (Å²) >= 11 is 0. The van der Waals surface area contributed by atoms with Crippen LogP contribution in [0.5, 0.6) is 0 Å². The average molecular weight is 280 g/mol. The van der Waals surface area contributed by atoms with Gasteiger partial charge in [-0.2, -0.15) is 8.42 Å². The Morgan fingerprint density at radius 2 is 1.50 bits per heavy atom. The summed E-state index contributed by atoms with van der Waals surface area (Å²) in [6.07, 6.45) is 6.45. The largest absolute Gasteiger partial charge is 0.393 e. The molecule has 0 aromatic heterocycles. The maximum atomic E-state index is 11.2. The van der Waals surface area contributed by atoms with Gasteiger partial charge in [0.25, 0.3) is 10.1 Å². The third-order valence-corrected chi connectivity index (χ3v) is 4.55. The molecule has 0 radical (unpaired) electrons. The van der Waals surface area contributed by atoms with E-state index in [0.29, 0.717) is 25.7 Å². The van der Waals surface area contributed by atoms with Gasteiger partial charge in [0, 0.05) is 0 Å². The highest BCUT2D eigenvalue weighted by Crippen LogP contribution is 2.18. The van der Waals surface area contributed by atoms with Gasteiger partial charge in [-0.15, -0.1) is 0 Å². The minimum Gasteiger partial charge on any atom is -0.393 e. The SMILES string of the molecule is CCCCCC(CCCC(O)CCC)S(=O)(=O)O. The molecule has 0 aliphatic heterocycles. The highest BCUT2D eigenvalue weighted by Gasteiger charge is 2.22. The zero-order valence-electron chi connectivity index (χ0n) is 11.6. The van der Waals surface area contributed by atoms with E-state index < -0.39 is 15.4 Å². The Kier molecular flexibility index (Phi) is 9.68. The molecule has 0 aromatic rings. The first-order chi connectivity index (χ1) is 8.41. The summed E-state index contributed by atoms with van der Waals surface area (Å²) in [5.41, 5.74) is 0. The smallest absolute Gasteiger partial charge is 0.267 e.